The normalized spacial score (nSPS) is 12.4. The Kier molecular flexibility index (Phi) is 8.64. The zero-order valence-corrected chi connectivity index (χ0v) is 14.8. The van der Waals surface area contributed by atoms with E-state index in [1.165, 1.54) is 12.8 Å². The summed E-state index contributed by atoms with van der Waals surface area (Å²) in [5.74, 6) is -0.0224. The van der Waals surface area contributed by atoms with Gasteiger partial charge in [0.2, 0.25) is 0 Å². The molecule has 0 spiro atoms. The Morgan fingerprint density at radius 3 is 2.24 bits per heavy atom. The largest absolute Gasteiger partial charge is 0.330 e. The standard InChI is InChI=1S/C22H28N2O/c23-16-9-1-2-10-17-24-18-15-21(19-11-5-3-6-12-19)22(25)20-13-7-4-8-14-20/h3-8,11-14,18,21H,1-2,9-10,15-17,23H2. The number of ketones is 1. The first-order chi connectivity index (χ1) is 12.3. The Morgan fingerprint density at radius 1 is 0.920 bits per heavy atom. The van der Waals surface area contributed by atoms with Gasteiger partial charge in [-0.3, -0.25) is 9.79 Å². The molecule has 2 aromatic rings. The van der Waals surface area contributed by atoms with E-state index in [0.717, 1.165) is 37.1 Å². The molecular weight excluding hydrogens is 308 g/mol. The van der Waals surface area contributed by atoms with Crippen LogP contribution in [-0.2, 0) is 0 Å². The first-order valence-electron chi connectivity index (χ1n) is 9.15. The summed E-state index contributed by atoms with van der Waals surface area (Å²) < 4.78 is 0. The third-order valence-corrected chi connectivity index (χ3v) is 4.29. The SMILES string of the molecule is NCCCCCCN=CCC(C(=O)c1ccccc1)c1ccccc1. The molecule has 0 bridgehead atoms. The highest BCUT2D eigenvalue weighted by molar-refractivity contribution is 6.02. The maximum absolute atomic E-state index is 12.9. The molecule has 0 aromatic heterocycles. The van der Waals surface area contributed by atoms with E-state index in [2.05, 4.69) is 4.99 Å². The lowest BCUT2D eigenvalue weighted by molar-refractivity contribution is 0.0962. The topological polar surface area (TPSA) is 55.4 Å². The van der Waals surface area contributed by atoms with Gasteiger partial charge in [-0.05, 0) is 37.6 Å². The molecule has 2 rings (SSSR count). The fraction of sp³-hybridized carbons (Fsp3) is 0.364. The fourth-order valence-electron chi connectivity index (χ4n) is 2.86. The second-order valence-corrected chi connectivity index (χ2v) is 6.22. The molecule has 3 heteroatoms. The average molecular weight is 336 g/mol. The Morgan fingerprint density at radius 2 is 1.56 bits per heavy atom. The van der Waals surface area contributed by atoms with Crippen LogP contribution in [-0.4, -0.2) is 25.1 Å². The van der Waals surface area contributed by atoms with Gasteiger partial charge in [-0.25, -0.2) is 0 Å². The molecule has 132 valence electrons. The number of Topliss-reactive ketones (excluding diaryl/α,β-unsaturated/α-hetero) is 1. The molecule has 0 fully saturated rings. The number of carbonyl (C=O) groups excluding carboxylic acids is 1. The molecular formula is C22H28N2O. The second kappa shape index (κ2) is 11.3. The highest BCUT2D eigenvalue weighted by Gasteiger charge is 2.20. The number of aliphatic imine (C=N–C) groups is 1. The fourth-order valence-corrected chi connectivity index (χ4v) is 2.86. The number of hydrogen-bond acceptors (Lipinski definition) is 3. The molecule has 1 unspecified atom stereocenters. The van der Waals surface area contributed by atoms with E-state index in [1.54, 1.807) is 0 Å². The lowest BCUT2D eigenvalue weighted by atomic mass is 9.88. The van der Waals surface area contributed by atoms with E-state index in [4.69, 9.17) is 5.73 Å². The van der Waals surface area contributed by atoms with Gasteiger partial charge >= 0.3 is 0 Å². The third kappa shape index (κ3) is 6.63. The van der Waals surface area contributed by atoms with Crippen LogP contribution in [0, 0.1) is 0 Å². The van der Waals surface area contributed by atoms with E-state index in [1.807, 2.05) is 66.9 Å². The van der Waals surface area contributed by atoms with Crippen molar-refractivity contribution < 1.29 is 4.79 Å². The summed E-state index contributed by atoms with van der Waals surface area (Å²) in [4.78, 5) is 17.4. The van der Waals surface area contributed by atoms with Crippen LogP contribution in [0.1, 0.15) is 53.9 Å². The van der Waals surface area contributed by atoms with E-state index in [0.29, 0.717) is 6.42 Å². The molecule has 0 saturated carbocycles. The lowest BCUT2D eigenvalue weighted by Gasteiger charge is -2.14. The van der Waals surface area contributed by atoms with Crippen LogP contribution in [0.3, 0.4) is 0 Å². The number of carbonyl (C=O) groups is 1. The predicted octanol–water partition coefficient (Wildman–Crippen LogP) is 4.63. The van der Waals surface area contributed by atoms with E-state index < -0.39 is 0 Å². The molecule has 25 heavy (non-hydrogen) atoms. The molecule has 0 saturated heterocycles. The summed E-state index contributed by atoms with van der Waals surface area (Å²) in [5, 5.41) is 0. The van der Waals surface area contributed by atoms with Crippen LogP contribution in [0.25, 0.3) is 0 Å². The summed E-state index contributed by atoms with van der Waals surface area (Å²) in [6.07, 6.45) is 7.07. The number of rotatable bonds is 11. The molecule has 2 N–H and O–H groups in total. The van der Waals surface area contributed by atoms with Gasteiger partial charge < -0.3 is 5.73 Å². The van der Waals surface area contributed by atoms with Crippen LogP contribution < -0.4 is 5.73 Å². The zero-order valence-electron chi connectivity index (χ0n) is 14.8. The van der Waals surface area contributed by atoms with E-state index in [-0.39, 0.29) is 11.7 Å². The molecule has 3 nitrogen and oxygen atoms in total. The van der Waals surface area contributed by atoms with Gasteiger partial charge in [0.05, 0.1) is 5.92 Å². The number of unbranched alkanes of at least 4 members (excludes halogenated alkanes) is 3. The zero-order chi connectivity index (χ0) is 17.7. The number of nitrogens with zero attached hydrogens (tertiary/aromatic N) is 1. The minimum absolute atomic E-state index is 0.154. The van der Waals surface area contributed by atoms with Crippen molar-refractivity contribution in [2.24, 2.45) is 10.7 Å². The monoisotopic (exact) mass is 336 g/mol. The highest BCUT2D eigenvalue weighted by atomic mass is 16.1. The van der Waals surface area contributed by atoms with Crippen molar-refractivity contribution in [1.82, 2.24) is 0 Å². The first kappa shape index (κ1) is 19.1. The first-order valence-corrected chi connectivity index (χ1v) is 9.15. The second-order valence-electron chi connectivity index (χ2n) is 6.22. The summed E-state index contributed by atoms with van der Waals surface area (Å²) in [7, 11) is 0. The van der Waals surface area contributed by atoms with Crippen LogP contribution >= 0.6 is 0 Å². The van der Waals surface area contributed by atoms with Crippen molar-refractivity contribution in [3.05, 3.63) is 71.8 Å². The van der Waals surface area contributed by atoms with Crippen molar-refractivity contribution in [3.8, 4) is 0 Å². The molecule has 0 aliphatic carbocycles. The van der Waals surface area contributed by atoms with E-state index >= 15 is 0 Å². The van der Waals surface area contributed by atoms with E-state index in [9.17, 15) is 4.79 Å². The third-order valence-electron chi connectivity index (χ3n) is 4.29. The Bertz CT molecular complexity index is 638. The quantitative estimate of drug-likeness (QED) is 0.369. The summed E-state index contributed by atoms with van der Waals surface area (Å²) in [6.45, 7) is 1.59. The molecule has 0 aliphatic heterocycles. The van der Waals surface area contributed by atoms with Crippen molar-refractivity contribution in [2.45, 2.75) is 38.0 Å². The van der Waals surface area contributed by atoms with Crippen molar-refractivity contribution in [2.75, 3.05) is 13.1 Å². The van der Waals surface area contributed by atoms with Gasteiger partial charge in [0, 0.05) is 12.1 Å². The number of nitrogens with two attached hydrogens (primary N) is 1. The van der Waals surface area contributed by atoms with Gasteiger partial charge in [0.15, 0.2) is 5.78 Å². The van der Waals surface area contributed by atoms with Crippen molar-refractivity contribution in [1.29, 1.82) is 0 Å². The Balaban J connectivity index is 1.95. The van der Waals surface area contributed by atoms with Gasteiger partial charge in [0.1, 0.15) is 0 Å². The minimum atomic E-state index is -0.176. The molecule has 0 heterocycles. The predicted molar refractivity (Wildman–Crippen MR) is 105 cm³/mol. The summed E-state index contributed by atoms with van der Waals surface area (Å²) in [6, 6.07) is 19.5. The van der Waals surface area contributed by atoms with Gasteiger partial charge in [0.25, 0.3) is 0 Å². The number of hydrogen-bond donors (Lipinski definition) is 1. The smallest absolute Gasteiger partial charge is 0.170 e. The molecule has 0 amide bonds. The van der Waals surface area contributed by atoms with Crippen LogP contribution in [0.5, 0.6) is 0 Å². The number of benzene rings is 2. The van der Waals surface area contributed by atoms with Crippen LogP contribution in [0.4, 0.5) is 0 Å². The van der Waals surface area contributed by atoms with Crippen molar-refractivity contribution in [3.63, 3.8) is 0 Å². The lowest BCUT2D eigenvalue weighted by Crippen LogP contribution is -2.13. The van der Waals surface area contributed by atoms with Crippen molar-refractivity contribution >= 4 is 12.0 Å². The maximum atomic E-state index is 12.9. The average Bonchev–Trinajstić information content (AvgIpc) is 2.68. The van der Waals surface area contributed by atoms with Crippen LogP contribution in [0.2, 0.25) is 0 Å². The van der Waals surface area contributed by atoms with Gasteiger partial charge in [-0.15, -0.1) is 0 Å². The minimum Gasteiger partial charge on any atom is -0.330 e. The summed E-state index contributed by atoms with van der Waals surface area (Å²) >= 11 is 0. The Labute approximate surface area is 151 Å². The molecule has 0 radical (unpaired) electrons. The van der Waals surface area contributed by atoms with Gasteiger partial charge in [-0.1, -0.05) is 73.5 Å². The van der Waals surface area contributed by atoms with Gasteiger partial charge in [-0.2, -0.15) is 0 Å². The molecule has 0 aliphatic rings. The highest BCUT2D eigenvalue weighted by Crippen LogP contribution is 2.23. The summed E-state index contributed by atoms with van der Waals surface area (Å²) in [5.41, 5.74) is 7.30. The molecule has 1 atom stereocenters. The Hall–Kier alpha value is -2.26. The van der Waals surface area contributed by atoms with Crippen LogP contribution in [0.15, 0.2) is 65.7 Å². The molecule has 2 aromatic carbocycles. The maximum Gasteiger partial charge on any atom is 0.170 e.